The number of hydrogen-bond donors (Lipinski definition) is 2. The molecule has 0 aliphatic carbocycles. The van der Waals surface area contributed by atoms with Gasteiger partial charge in [0.25, 0.3) is 5.56 Å². The highest BCUT2D eigenvalue weighted by Crippen LogP contribution is 2.13. The Kier molecular flexibility index (Phi) is 1.72. The second-order valence-electron chi connectivity index (χ2n) is 2.97. The van der Waals surface area contributed by atoms with Gasteiger partial charge in [0.2, 0.25) is 0 Å². The van der Waals surface area contributed by atoms with Crippen molar-refractivity contribution in [1.29, 1.82) is 5.26 Å². The highest BCUT2D eigenvalue weighted by Gasteiger charge is 1.99. The van der Waals surface area contributed by atoms with Gasteiger partial charge in [0.1, 0.15) is 0 Å². The second-order valence-corrected chi connectivity index (χ2v) is 2.97. The van der Waals surface area contributed by atoms with Crippen LogP contribution in [0.15, 0.2) is 29.1 Å². The number of nitrogens with zero attached hydrogens (tertiary/aromatic N) is 1. The van der Waals surface area contributed by atoms with E-state index in [4.69, 9.17) is 11.0 Å². The molecule has 0 fully saturated rings. The van der Waals surface area contributed by atoms with Crippen molar-refractivity contribution in [1.82, 2.24) is 4.98 Å². The number of hydrogen-bond acceptors (Lipinski definition) is 3. The molecule has 0 bridgehead atoms. The maximum atomic E-state index is 11.2. The molecule has 1 aromatic heterocycles. The lowest BCUT2D eigenvalue weighted by atomic mass is 10.1. The number of anilines is 1. The Labute approximate surface area is 79.6 Å². The average Bonchev–Trinajstić information content (AvgIpc) is 2.19. The van der Waals surface area contributed by atoms with E-state index in [1.165, 1.54) is 0 Å². The number of nitrogens with two attached hydrogens (primary N) is 1. The van der Waals surface area contributed by atoms with E-state index >= 15 is 0 Å². The summed E-state index contributed by atoms with van der Waals surface area (Å²) in [5.74, 6) is 0. The Morgan fingerprint density at radius 1 is 1.36 bits per heavy atom. The third-order valence-corrected chi connectivity index (χ3v) is 2.00. The first kappa shape index (κ1) is 8.32. The minimum atomic E-state index is -0.326. The smallest absolute Gasteiger partial charge is 0.271 e. The van der Waals surface area contributed by atoms with Crippen LogP contribution < -0.4 is 11.3 Å². The number of H-pyrrole nitrogens is 1. The number of fused-ring (bicyclic) bond motifs is 1. The summed E-state index contributed by atoms with van der Waals surface area (Å²) in [6.07, 6.45) is 0. The maximum absolute atomic E-state index is 11.2. The van der Waals surface area contributed by atoms with Crippen molar-refractivity contribution in [2.24, 2.45) is 0 Å². The van der Waals surface area contributed by atoms with Crippen LogP contribution >= 0.6 is 0 Å². The van der Waals surface area contributed by atoms with E-state index in [2.05, 4.69) is 4.98 Å². The van der Waals surface area contributed by atoms with E-state index in [1.807, 2.05) is 6.07 Å². The fourth-order valence-corrected chi connectivity index (χ4v) is 1.29. The van der Waals surface area contributed by atoms with E-state index in [9.17, 15) is 4.79 Å². The number of rotatable bonds is 0. The maximum Gasteiger partial charge on any atom is 0.271 e. The Balaban J connectivity index is 2.85. The summed E-state index contributed by atoms with van der Waals surface area (Å²) >= 11 is 0. The number of pyridine rings is 1. The molecule has 3 N–H and O–H groups in total. The van der Waals surface area contributed by atoms with Crippen molar-refractivity contribution in [3.63, 3.8) is 0 Å². The molecule has 0 atom stereocenters. The largest absolute Gasteiger partial charge is 0.394 e. The Morgan fingerprint density at radius 3 is 2.86 bits per heavy atom. The van der Waals surface area contributed by atoms with Crippen LogP contribution in [0.5, 0.6) is 0 Å². The summed E-state index contributed by atoms with van der Waals surface area (Å²) in [6.45, 7) is 0. The molecule has 0 aliphatic rings. The molecule has 2 aromatic rings. The molecule has 0 aliphatic heterocycles. The van der Waals surface area contributed by atoms with E-state index < -0.39 is 0 Å². The van der Waals surface area contributed by atoms with Crippen molar-refractivity contribution in [3.05, 3.63) is 40.2 Å². The fourth-order valence-electron chi connectivity index (χ4n) is 1.29. The first-order chi connectivity index (χ1) is 6.70. The summed E-state index contributed by atoms with van der Waals surface area (Å²) in [7, 11) is 0. The van der Waals surface area contributed by atoms with Crippen molar-refractivity contribution in [2.45, 2.75) is 0 Å². The molecule has 0 saturated carbocycles. The molecular weight excluding hydrogens is 178 g/mol. The summed E-state index contributed by atoms with van der Waals surface area (Å²) < 4.78 is 0. The van der Waals surface area contributed by atoms with Gasteiger partial charge in [-0.15, -0.1) is 0 Å². The molecule has 2 rings (SSSR count). The molecule has 0 radical (unpaired) electrons. The standard InChI is InChI=1S/C10H7N3O/c11-5-6-1-2-7-4-8(12)10(14)13-9(7)3-6/h1-4H,12H2,(H,13,14). The van der Waals surface area contributed by atoms with E-state index in [-0.39, 0.29) is 11.2 Å². The lowest BCUT2D eigenvalue weighted by Gasteiger charge is -1.98. The molecule has 1 heterocycles. The van der Waals surface area contributed by atoms with Gasteiger partial charge < -0.3 is 10.7 Å². The first-order valence-electron chi connectivity index (χ1n) is 4.03. The van der Waals surface area contributed by atoms with Gasteiger partial charge in [-0.1, -0.05) is 6.07 Å². The number of aromatic amines is 1. The monoisotopic (exact) mass is 185 g/mol. The molecule has 14 heavy (non-hydrogen) atoms. The summed E-state index contributed by atoms with van der Waals surface area (Å²) in [5, 5.41) is 9.47. The lowest BCUT2D eigenvalue weighted by Crippen LogP contribution is -2.10. The first-order valence-corrected chi connectivity index (χ1v) is 4.03. The summed E-state index contributed by atoms with van der Waals surface area (Å²) in [6, 6.07) is 8.64. The number of aromatic nitrogens is 1. The van der Waals surface area contributed by atoms with Crippen LogP contribution in [0, 0.1) is 11.3 Å². The molecule has 4 nitrogen and oxygen atoms in total. The number of nitriles is 1. The number of benzene rings is 1. The zero-order valence-electron chi connectivity index (χ0n) is 7.24. The van der Waals surface area contributed by atoms with E-state index in [0.717, 1.165) is 5.39 Å². The van der Waals surface area contributed by atoms with Crippen molar-refractivity contribution < 1.29 is 0 Å². The van der Waals surface area contributed by atoms with Gasteiger partial charge in [0, 0.05) is 10.9 Å². The predicted molar refractivity (Wildman–Crippen MR) is 53.7 cm³/mol. The highest BCUT2D eigenvalue weighted by molar-refractivity contribution is 5.82. The predicted octanol–water partition coefficient (Wildman–Crippen LogP) is 0.982. The van der Waals surface area contributed by atoms with Gasteiger partial charge >= 0.3 is 0 Å². The van der Waals surface area contributed by atoms with Gasteiger partial charge in [0.15, 0.2) is 0 Å². The molecule has 0 spiro atoms. The topological polar surface area (TPSA) is 82.7 Å². The van der Waals surface area contributed by atoms with E-state index in [0.29, 0.717) is 11.1 Å². The van der Waals surface area contributed by atoms with Crippen LogP contribution in [-0.2, 0) is 0 Å². The molecule has 0 unspecified atom stereocenters. The Hall–Kier alpha value is -2.28. The van der Waals surface area contributed by atoms with Crippen molar-refractivity contribution >= 4 is 16.6 Å². The molecule has 0 amide bonds. The Morgan fingerprint density at radius 2 is 2.14 bits per heavy atom. The van der Waals surface area contributed by atoms with Crippen LogP contribution in [0.3, 0.4) is 0 Å². The third-order valence-electron chi connectivity index (χ3n) is 2.00. The van der Waals surface area contributed by atoms with Gasteiger partial charge in [-0.2, -0.15) is 5.26 Å². The number of nitrogens with one attached hydrogen (secondary N) is 1. The van der Waals surface area contributed by atoms with Crippen molar-refractivity contribution in [2.75, 3.05) is 5.73 Å². The molecule has 4 heteroatoms. The van der Waals surface area contributed by atoms with Gasteiger partial charge in [0.05, 0.1) is 17.3 Å². The van der Waals surface area contributed by atoms with Gasteiger partial charge in [-0.25, -0.2) is 0 Å². The van der Waals surface area contributed by atoms with E-state index in [1.54, 1.807) is 24.3 Å². The lowest BCUT2D eigenvalue weighted by molar-refractivity contribution is 1.31. The highest BCUT2D eigenvalue weighted by atomic mass is 16.1. The summed E-state index contributed by atoms with van der Waals surface area (Å²) in [5.41, 5.74) is 6.44. The van der Waals surface area contributed by atoms with Crippen molar-refractivity contribution in [3.8, 4) is 6.07 Å². The van der Waals surface area contributed by atoms with Crippen LogP contribution in [0.2, 0.25) is 0 Å². The minimum absolute atomic E-state index is 0.183. The third kappa shape index (κ3) is 1.21. The zero-order chi connectivity index (χ0) is 10.1. The van der Waals surface area contributed by atoms with Crippen LogP contribution in [0.25, 0.3) is 10.9 Å². The minimum Gasteiger partial charge on any atom is -0.394 e. The van der Waals surface area contributed by atoms with Crippen LogP contribution in [0.4, 0.5) is 5.69 Å². The molecular formula is C10H7N3O. The molecule has 1 aromatic carbocycles. The normalized spacial score (nSPS) is 9.93. The number of nitrogen functional groups attached to an aromatic ring is 1. The molecule has 68 valence electrons. The van der Waals surface area contributed by atoms with Crippen LogP contribution in [0.1, 0.15) is 5.56 Å². The summed E-state index contributed by atoms with van der Waals surface area (Å²) in [4.78, 5) is 13.8. The van der Waals surface area contributed by atoms with Gasteiger partial charge in [-0.3, -0.25) is 4.79 Å². The average molecular weight is 185 g/mol. The Bertz CT molecular complexity index is 592. The second kappa shape index (κ2) is 2.89. The quantitative estimate of drug-likeness (QED) is 0.641. The van der Waals surface area contributed by atoms with Crippen LogP contribution in [-0.4, -0.2) is 4.98 Å². The molecule has 0 saturated heterocycles. The zero-order valence-corrected chi connectivity index (χ0v) is 7.24. The fraction of sp³-hybridized carbons (Fsp3) is 0. The van der Waals surface area contributed by atoms with Gasteiger partial charge in [-0.05, 0) is 18.2 Å². The SMILES string of the molecule is N#Cc1ccc2cc(N)c(=O)[nH]c2c1.